The molecule has 0 amide bonds. The summed E-state index contributed by atoms with van der Waals surface area (Å²) in [7, 11) is -0.0304. The zero-order valence-electron chi connectivity index (χ0n) is 8.15. The van der Waals surface area contributed by atoms with E-state index in [1.807, 2.05) is 0 Å². The van der Waals surface area contributed by atoms with Gasteiger partial charge >= 0.3 is 8.80 Å². The first-order chi connectivity index (χ1) is 6.18. The largest absolute Gasteiger partial charge is 0.497 e. The molecule has 0 atom stereocenters. The van der Waals surface area contributed by atoms with Gasteiger partial charge in [-0.1, -0.05) is 0 Å². The molecule has 0 bridgehead atoms. The number of rotatable bonds is 8. The van der Waals surface area contributed by atoms with Gasteiger partial charge in [-0.15, -0.1) is 0 Å². The highest BCUT2D eigenvalue weighted by Crippen LogP contribution is 2.09. The fraction of sp³-hybridized carbons (Fsp3) is 1.00. The highest BCUT2D eigenvalue weighted by molar-refractivity contribution is 6.59. The van der Waals surface area contributed by atoms with Crippen LogP contribution in [0.5, 0.6) is 0 Å². The summed E-state index contributed by atoms with van der Waals surface area (Å²) in [6.07, 6.45) is 0.671. The summed E-state index contributed by atoms with van der Waals surface area (Å²) in [5.41, 5.74) is 0. The number of ether oxygens (including phenoxy) is 1. The van der Waals surface area contributed by atoms with Gasteiger partial charge in [-0.05, 0) is 6.42 Å². The van der Waals surface area contributed by atoms with E-state index in [1.54, 1.807) is 0 Å². The first-order valence-corrected chi connectivity index (χ1v) is 6.17. The van der Waals surface area contributed by atoms with E-state index in [1.165, 1.54) is 14.2 Å². The van der Waals surface area contributed by atoms with Crippen LogP contribution in [0.1, 0.15) is 6.42 Å². The highest BCUT2D eigenvalue weighted by atomic mass is 28.4. The average Bonchev–Trinajstić information content (AvgIpc) is 2.17. The molecule has 0 saturated heterocycles. The number of hydrogen-bond donors (Lipinski definition) is 2. The molecule has 80 valence electrons. The van der Waals surface area contributed by atoms with Gasteiger partial charge in [0.1, 0.15) is 0 Å². The molecule has 0 aromatic rings. The van der Waals surface area contributed by atoms with E-state index in [0.717, 1.165) is 0 Å². The van der Waals surface area contributed by atoms with Crippen LogP contribution in [0.4, 0.5) is 0 Å². The Bertz CT molecular complexity index is 117. The van der Waals surface area contributed by atoms with Crippen LogP contribution < -0.4 is 0 Å². The van der Waals surface area contributed by atoms with Crippen molar-refractivity contribution in [3.63, 3.8) is 0 Å². The monoisotopic (exact) mass is 210 g/mol. The molecular weight excluding hydrogens is 192 g/mol. The summed E-state index contributed by atoms with van der Waals surface area (Å²) in [4.78, 5) is 9.57. The molecule has 0 aliphatic carbocycles. The van der Waals surface area contributed by atoms with Gasteiger partial charge < -0.3 is 23.5 Å². The maximum atomic E-state index is 9.57. The van der Waals surface area contributed by atoms with E-state index in [9.17, 15) is 4.80 Å². The second-order valence-electron chi connectivity index (χ2n) is 2.56. The van der Waals surface area contributed by atoms with Crippen LogP contribution in [-0.4, -0.2) is 52.7 Å². The fourth-order valence-electron chi connectivity index (χ4n) is 0.852. The van der Waals surface area contributed by atoms with Crippen molar-refractivity contribution in [2.75, 3.05) is 34.0 Å². The van der Waals surface area contributed by atoms with E-state index in [0.29, 0.717) is 25.7 Å². The molecule has 0 heterocycles. The molecule has 0 fully saturated rings. The van der Waals surface area contributed by atoms with Crippen molar-refractivity contribution in [2.45, 2.75) is 12.5 Å². The third-order valence-electron chi connectivity index (χ3n) is 1.65. The minimum absolute atomic E-state index is 0.0241. The average molecular weight is 210 g/mol. The van der Waals surface area contributed by atoms with Crippen molar-refractivity contribution >= 4 is 8.80 Å². The Morgan fingerprint density at radius 1 is 1.15 bits per heavy atom. The summed E-state index contributed by atoms with van der Waals surface area (Å²) in [5, 5.41) is 8.40. The molecule has 0 aliphatic heterocycles. The lowest BCUT2D eigenvalue weighted by molar-refractivity contribution is 0.0877. The minimum Gasteiger partial charge on any atom is -0.394 e. The van der Waals surface area contributed by atoms with Gasteiger partial charge in [0.25, 0.3) is 0 Å². The van der Waals surface area contributed by atoms with Crippen molar-refractivity contribution in [1.29, 1.82) is 0 Å². The third-order valence-corrected chi connectivity index (χ3v) is 3.92. The van der Waals surface area contributed by atoms with Crippen LogP contribution in [0.3, 0.4) is 0 Å². The summed E-state index contributed by atoms with van der Waals surface area (Å²) in [6, 6.07) is 0.478. The zero-order valence-corrected chi connectivity index (χ0v) is 9.15. The highest BCUT2D eigenvalue weighted by Gasteiger charge is 2.33. The smallest absolute Gasteiger partial charge is 0.394 e. The second-order valence-corrected chi connectivity index (χ2v) is 5.30. The van der Waals surface area contributed by atoms with E-state index >= 15 is 0 Å². The molecule has 0 saturated carbocycles. The van der Waals surface area contributed by atoms with Crippen LogP contribution in [0.25, 0.3) is 0 Å². The number of aliphatic hydroxyl groups excluding tert-OH is 1. The molecule has 0 aliphatic rings. The first-order valence-electron chi connectivity index (χ1n) is 4.20. The molecule has 0 rings (SSSR count). The van der Waals surface area contributed by atoms with Crippen LogP contribution in [0, 0.1) is 0 Å². The molecule has 0 radical (unpaired) electrons. The molecule has 2 N–H and O–H groups in total. The Kier molecular flexibility index (Phi) is 7.43. The van der Waals surface area contributed by atoms with Gasteiger partial charge in [-0.25, -0.2) is 0 Å². The van der Waals surface area contributed by atoms with E-state index in [2.05, 4.69) is 0 Å². The Hall–Kier alpha value is 0.0169. The standard InChI is InChI=1S/C7H18O5Si/c1-10-13(9,11-2)7-3-5-12-6-4-8/h8-9H,3-7H2,1-2H3. The molecule has 13 heavy (non-hydrogen) atoms. The quantitative estimate of drug-likeness (QED) is 0.422. The van der Waals surface area contributed by atoms with E-state index in [4.69, 9.17) is 18.7 Å². The summed E-state index contributed by atoms with van der Waals surface area (Å²) in [6.45, 7) is 0.860. The topological polar surface area (TPSA) is 68.2 Å². The first kappa shape index (κ1) is 13.0. The van der Waals surface area contributed by atoms with Crippen molar-refractivity contribution in [3.8, 4) is 0 Å². The van der Waals surface area contributed by atoms with Crippen molar-refractivity contribution in [1.82, 2.24) is 0 Å². The Morgan fingerprint density at radius 2 is 1.77 bits per heavy atom. The normalized spacial score (nSPS) is 12.0. The van der Waals surface area contributed by atoms with Crippen LogP contribution in [-0.2, 0) is 13.6 Å². The van der Waals surface area contributed by atoms with E-state index < -0.39 is 8.80 Å². The van der Waals surface area contributed by atoms with Gasteiger partial charge in [0.2, 0.25) is 0 Å². The summed E-state index contributed by atoms with van der Waals surface area (Å²) in [5.74, 6) is 0. The summed E-state index contributed by atoms with van der Waals surface area (Å²) >= 11 is 0. The molecular formula is C7H18O5Si. The fourth-order valence-corrected chi connectivity index (χ4v) is 2.02. The van der Waals surface area contributed by atoms with Gasteiger partial charge in [0.05, 0.1) is 13.2 Å². The van der Waals surface area contributed by atoms with Crippen LogP contribution >= 0.6 is 0 Å². The molecule has 5 nitrogen and oxygen atoms in total. The molecule has 6 heteroatoms. The predicted molar refractivity (Wildman–Crippen MR) is 49.3 cm³/mol. The van der Waals surface area contributed by atoms with Gasteiger partial charge in [0, 0.05) is 26.9 Å². The van der Waals surface area contributed by atoms with Gasteiger partial charge in [-0.2, -0.15) is 0 Å². The molecule has 0 unspecified atom stereocenters. The van der Waals surface area contributed by atoms with Crippen molar-refractivity contribution in [2.24, 2.45) is 0 Å². The zero-order chi connectivity index (χ0) is 10.2. The van der Waals surface area contributed by atoms with Gasteiger partial charge in [-0.3, -0.25) is 0 Å². The lowest BCUT2D eigenvalue weighted by atomic mass is 10.5. The Labute approximate surface area is 79.6 Å². The van der Waals surface area contributed by atoms with Gasteiger partial charge in [0.15, 0.2) is 0 Å². The lowest BCUT2D eigenvalue weighted by Gasteiger charge is -2.19. The number of aliphatic hydroxyl groups is 1. The number of hydrogen-bond acceptors (Lipinski definition) is 5. The second kappa shape index (κ2) is 7.42. The predicted octanol–water partition coefficient (Wildman–Crippen LogP) is -0.391. The molecule has 0 spiro atoms. The summed E-state index contributed by atoms with van der Waals surface area (Å²) < 4.78 is 14.7. The Balaban J connectivity index is 3.39. The van der Waals surface area contributed by atoms with Crippen LogP contribution in [0.15, 0.2) is 0 Å². The van der Waals surface area contributed by atoms with Crippen molar-refractivity contribution < 1.29 is 23.5 Å². The maximum absolute atomic E-state index is 9.57. The van der Waals surface area contributed by atoms with Crippen molar-refractivity contribution in [3.05, 3.63) is 0 Å². The molecule has 0 aromatic heterocycles. The van der Waals surface area contributed by atoms with Crippen LogP contribution in [0.2, 0.25) is 6.04 Å². The SMILES string of the molecule is CO[Si](O)(CCCOCCO)OC. The third kappa shape index (κ3) is 6.14. The minimum atomic E-state index is -2.90. The Morgan fingerprint density at radius 3 is 2.23 bits per heavy atom. The lowest BCUT2D eigenvalue weighted by Crippen LogP contribution is -2.40. The van der Waals surface area contributed by atoms with E-state index in [-0.39, 0.29) is 6.61 Å². The molecule has 0 aromatic carbocycles. The maximum Gasteiger partial charge on any atom is 0.497 e.